The van der Waals surface area contributed by atoms with E-state index < -0.39 is 5.60 Å². The van der Waals surface area contributed by atoms with Crippen molar-refractivity contribution in [2.45, 2.75) is 58.6 Å². The molecule has 1 amide bonds. The third-order valence-corrected chi connectivity index (χ3v) is 6.88. The largest absolute Gasteiger partial charge is 0.444 e. The lowest BCUT2D eigenvalue weighted by Crippen LogP contribution is -2.41. The van der Waals surface area contributed by atoms with Crippen molar-refractivity contribution in [1.29, 1.82) is 5.26 Å². The van der Waals surface area contributed by atoms with E-state index in [0.29, 0.717) is 11.5 Å². The summed E-state index contributed by atoms with van der Waals surface area (Å²) < 4.78 is 11.4. The van der Waals surface area contributed by atoms with Crippen LogP contribution in [0.4, 0.5) is 4.79 Å². The van der Waals surface area contributed by atoms with Gasteiger partial charge in [0.1, 0.15) is 5.60 Å². The van der Waals surface area contributed by atoms with Gasteiger partial charge in [0.25, 0.3) is 0 Å². The van der Waals surface area contributed by atoms with Crippen LogP contribution in [0.2, 0.25) is 0 Å². The molecule has 7 heteroatoms. The van der Waals surface area contributed by atoms with Crippen LogP contribution in [0, 0.1) is 17.2 Å². The summed E-state index contributed by atoms with van der Waals surface area (Å²) in [5, 5.41) is 14.6. The lowest BCUT2D eigenvalue weighted by Gasteiger charge is -2.33. The molecule has 2 heterocycles. The molecule has 200 valence electrons. The summed E-state index contributed by atoms with van der Waals surface area (Å²) in [5.74, 6) is 0.552. The molecule has 0 aliphatic carbocycles. The number of carbonyl (C=O) groups is 1. The molecule has 0 atom stereocenters. The molecule has 2 aromatic carbocycles. The van der Waals surface area contributed by atoms with Crippen LogP contribution in [0.5, 0.6) is 0 Å². The summed E-state index contributed by atoms with van der Waals surface area (Å²) in [6.45, 7) is 7.92. The summed E-state index contributed by atoms with van der Waals surface area (Å²) in [6.07, 6.45) is 7.77. The lowest BCUT2D eigenvalue weighted by molar-refractivity contribution is 0.0181. The number of hydrogen-bond donors (Lipinski definition) is 0. The van der Waals surface area contributed by atoms with E-state index in [9.17, 15) is 4.79 Å². The van der Waals surface area contributed by atoms with Gasteiger partial charge < -0.3 is 19.1 Å². The number of rotatable bonds is 7. The van der Waals surface area contributed by atoms with Gasteiger partial charge in [0.05, 0.1) is 17.3 Å². The van der Waals surface area contributed by atoms with Crippen molar-refractivity contribution in [2.24, 2.45) is 5.92 Å². The third kappa shape index (κ3) is 7.02. The number of nitriles is 1. The highest BCUT2D eigenvalue weighted by molar-refractivity contribution is 5.87. The van der Waals surface area contributed by atoms with Crippen LogP contribution in [-0.2, 0) is 17.7 Å². The fraction of sp³-hybridized carbons (Fsp3) is 0.452. The van der Waals surface area contributed by atoms with Crippen molar-refractivity contribution in [1.82, 2.24) is 15.0 Å². The molecule has 4 rings (SSSR count). The van der Waals surface area contributed by atoms with Gasteiger partial charge in [-0.2, -0.15) is 5.26 Å². The summed E-state index contributed by atoms with van der Waals surface area (Å²) >= 11 is 0. The van der Waals surface area contributed by atoms with Crippen LogP contribution in [-0.4, -0.2) is 53.8 Å². The molecule has 0 radical (unpaired) electrons. The Morgan fingerprint density at radius 1 is 1.16 bits per heavy atom. The molecule has 0 spiro atoms. The molecule has 3 aromatic rings. The number of aromatic nitrogens is 1. The second-order valence-corrected chi connectivity index (χ2v) is 11.4. The van der Waals surface area contributed by atoms with Crippen molar-refractivity contribution in [3.8, 4) is 6.07 Å². The van der Waals surface area contributed by atoms with Gasteiger partial charge in [-0.15, -0.1) is 0 Å². The Kier molecular flexibility index (Phi) is 8.53. The predicted molar refractivity (Wildman–Crippen MR) is 150 cm³/mol. The van der Waals surface area contributed by atoms with E-state index in [1.54, 1.807) is 0 Å². The van der Waals surface area contributed by atoms with Crippen LogP contribution >= 0.6 is 0 Å². The van der Waals surface area contributed by atoms with Crippen molar-refractivity contribution in [3.05, 3.63) is 64.3 Å². The van der Waals surface area contributed by atoms with Crippen molar-refractivity contribution < 1.29 is 14.1 Å². The van der Waals surface area contributed by atoms with Gasteiger partial charge in [-0.3, -0.25) is 0 Å². The molecule has 1 aromatic heterocycles. The van der Waals surface area contributed by atoms with Gasteiger partial charge in [-0.1, -0.05) is 35.5 Å². The van der Waals surface area contributed by atoms with E-state index in [-0.39, 0.29) is 6.09 Å². The molecule has 1 fully saturated rings. The summed E-state index contributed by atoms with van der Waals surface area (Å²) in [7, 11) is 4.10. The van der Waals surface area contributed by atoms with E-state index in [1.807, 2.05) is 64.0 Å². The first-order chi connectivity index (χ1) is 18.1. The number of aryl methyl sites for hydroxylation is 1. The summed E-state index contributed by atoms with van der Waals surface area (Å²) in [6, 6.07) is 14.0. The first-order valence-electron chi connectivity index (χ1n) is 13.3. The number of benzene rings is 2. The van der Waals surface area contributed by atoms with Crippen LogP contribution in [0.1, 0.15) is 68.0 Å². The minimum absolute atomic E-state index is 0.212. The number of carbonyl (C=O) groups excluding carboxylic acids is 1. The highest BCUT2D eigenvalue weighted by Crippen LogP contribution is 2.30. The van der Waals surface area contributed by atoms with Gasteiger partial charge in [-0.05, 0) is 95.8 Å². The van der Waals surface area contributed by atoms with E-state index in [1.165, 1.54) is 0 Å². The number of likely N-dealkylation sites (tertiary alicyclic amines) is 1. The topological polar surface area (TPSA) is 82.6 Å². The van der Waals surface area contributed by atoms with Crippen LogP contribution in [0.15, 0.2) is 40.9 Å². The Labute approximate surface area is 225 Å². The number of piperidine rings is 1. The van der Waals surface area contributed by atoms with E-state index in [0.717, 1.165) is 78.7 Å². The Hall–Kier alpha value is -3.63. The molecule has 0 bridgehead atoms. The molecular weight excluding hydrogens is 476 g/mol. The monoisotopic (exact) mass is 514 g/mol. The number of fused-ring (bicyclic) bond motifs is 1. The number of ether oxygens (including phenoxy) is 1. The van der Waals surface area contributed by atoms with Crippen LogP contribution < -0.4 is 0 Å². The van der Waals surface area contributed by atoms with E-state index in [2.05, 4.69) is 40.4 Å². The van der Waals surface area contributed by atoms with Crippen LogP contribution in [0.25, 0.3) is 23.1 Å². The van der Waals surface area contributed by atoms with Gasteiger partial charge >= 0.3 is 6.09 Å². The maximum absolute atomic E-state index is 12.4. The Morgan fingerprint density at radius 3 is 2.50 bits per heavy atom. The third-order valence-electron chi connectivity index (χ3n) is 6.88. The molecule has 38 heavy (non-hydrogen) atoms. The Morgan fingerprint density at radius 2 is 1.87 bits per heavy atom. The normalized spacial score (nSPS) is 14.9. The Balaban J connectivity index is 1.44. The Bertz CT molecular complexity index is 1320. The van der Waals surface area contributed by atoms with Gasteiger partial charge in [-0.25, -0.2) is 4.79 Å². The minimum atomic E-state index is -0.466. The average molecular weight is 515 g/mol. The minimum Gasteiger partial charge on any atom is -0.444 e. The lowest BCUT2D eigenvalue weighted by atomic mass is 9.91. The molecule has 0 saturated carbocycles. The number of hydrogen-bond acceptors (Lipinski definition) is 6. The molecule has 1 aliphatic heterocycles. The SMILES string of the molecule is CN(C)Cc1c(/C=C\c2ccc(C#N)cc2)ccc2c(CCC3CCN(C(=O)OC(C)(C)C)CC3)noc12. The standard InChI is InChI=1S/C31H38N4O3/c1-31(2,3)37-30(36)35-18-16-23(17-19-35)11-15-28-26-14-13-25(27(21-34(4)5)29(26)38-33-28)12-10-22-6-8-24(20-32)9-7-22/h6-10,12-14,23H,11,15-19,21H2,1-5H3/b12-10-. The molecule has 0 unspecified atom stereocenters. The predicted octanol–water partition coefficient (Wildman–Crippen LogP) is 6.51. The van der Waals surface area contributed by atoms with Crippen molar-refractivity contribution >= 4 is 29.2 Å². The summed E-state index contributed by atoms with van der Waals surface area (Å²) in [5.41, 5.74) is 5.27. The fourth-order valence-electron chi connectivity index (χ4n) is 4.87. The van der Waals surface area contributed by atoms with E-state index in [4.69, 9.17) is 14.5 Å². The van der Waals surface area contributed by atoms with Gasteiger partial charge in [0.2, 0.25) is 0 Å². The van der Waals surface area contributed by atoms with E-state index >= 15 is 0 Å². The highest BCUT2D eigenvalue weighted by atomic mass is 16.6. The number of nitrogens with zero attached hydrogens (tertiary/aromatic N) is 4. The average Bonchev–Trinajstić information content (AvgIpc) is 3.29. The second kappa shape index (κ2) is 11.8. The fourth-order valence-corrected chi connectivity index (χ4v) is 4.87. The zero-order valence-electron chi connectivity index (χ0n) is 23.2. The zero-order valence-corrected chi connectivity index (χ0v) is 23.2. The van der Waals surface area contributed by atoms with Crippen molar-refractivity contribution in [2.75, 3.05) is 27.2 Å². The molecular formula is C31H38N4O3. The first kappa shape index (κ1) is 27.4. The molecule has 1 aliphatic rings. The second-order valence-electron chi connectivity index (χ2n) is 11.4. The molecule has 7 nitrogen and oxygen atoms in total. The highest BCUT2D eigenvalue weighted by Gasteiger charge is 2.27. The molecule has 0 N–H and O–H groups in total. The maximum atomic E-state index is 12.4. The maximum Gasteiger partial charge on any atom is 0.410 e. The smallest absolute Gasteiger partial charge is 0.410 e. The van der Waals surface area contributed by atoms with Crippen LogP contribution in [0.3, 0.4) is 0 Å². The molecule has 1 saturated heterocycles. The zero-order chi connectivity index (χ0) is 27.3. The van der Waals surface area contributed by atoms with Gasteiger partial charge in [0, 0.05) is 30.6 Å². The number of amides is 1. The first-order valence-corrected chi connectivity index (χ1v) is 13.3. The quantitative estimate of drug-likeness (QED) is 0.334. The van der Waals surface area contributed by atoms with Gasteiger partial charge in [0.15, 0.2) is 5.58 Å². The van der Waals surface area contributed by atoms with Crippen molar-refractivity contribution in [3.63, 3.8) is 0 Å². The summed E-state index contributed by atoms with van der Waals surface area (Å²) in [4.78, 5) is 16.3.